The van der Waals surface area contributed by atoms with Gasteiger partial charge < -0.3 is 21.3 Å². The Morgan fingerprint density at radius 2 is 1.86 bits per heavy atom. The minimum absolute atomic E-state index is 0. The number of nitrogens with one attached hydrogen (secondary N) is 2. The number of hydrogen-bond donors (Lipinski definition) is 3. The third kappa shape index (κ3) is 6.31. The number of rotatable bonds is 5. The number of anilines is 1. The van der Waals surface area contributed by atoms with Crippen molar-refractivity contribution in [2.24, 2.45) is 17.6 Å². The van der Waals surface area contributed by atoms with Crippen molar-refractivity contribution < 1.29 is 14.0 Å². The quantitative estimate of drug-likeness (QED) is 0.673. The van der Waals surface area contributed by atoms with Gasteiger partial charge in [-0.05, 0) is 43.7 Å². The molecule has 1 aromatic carbocycles. The Labute approximate surface area is 178 Å². The smallest absolute Gasteiger partial charge is 0.321 e. The molecule has 3 amide bonds. The third-order valence-electron chi connectivity index (χ3n) is 6.00. The monoisotopic (exact) mass is 426 g/mol. The van der Waals surface area contributed by atoms with E-state index in [0.717, 1.165) is 25.7 Å². The van der Waals surface area contributed by atoms with Crippen LogP contribution in [0.3, 0.4) is 0 Å². The van der Waals surface area contributed by atoms with Crippen LogP contribution < -0.4 is 16.4 Å². The molecular formula is C21H32ClFN4O2. The van der Waals surface area contributed by atoms with Gasteiger partial charge in [0.2, 0.25) is 5.91 Å². The number of hydrogen-bond acceptors (Lipinski definition) is 3. The van der Waals surface area contributed by atoms with Crippen LogP contribution in [0.4, 0.5) is 14.9 Å². The van der Waals surface area contributed by atoms with E-state index < -0.39 is 5.82 Å². The fraction of sp³-hybridized carbons (Fsp3) is 0.619. The Hall–Kier alpha value is -1.86. The number of piperidine rings is 1. The van der Waals surface area contributed by atoms with Crippen molar-refractivity contribution in [1.29, 1.82) is 0 Å². The van der Waals surface area contributed by atoms with Crippen molar-refractivity contribution in [3.8, 4) is 0 Å². The van der Waals surface area contributed by atoms with E-state index in [4.69, 9.17) is 5.73 Å². The largest absolute Gasteiger partial charge is 0.352 e. The fourth-order valence-electron chi connectivity index (χ4n) is 4.34. The lowest BCUT2D eigenvalue weighted by Crippen LogP contribution is -2.52. The number of carbonyl (C=O) groups is 2. The van der Waals surface area contributed by atoms with E-state index in [1.165, 1.54) is 31.4 Å². The van der Waals surface area contributed by atoms with Crippen LogP contribution in [0.2, 0.25) is 0 Å². The molecule has 29 heavy (non-hydrogen) atoms. The Morgan fingerprint density at radius 1 is 1.14 bits per heavy atom. The van der Waals surface area contributed by atoms with Gasteiger partial charge in [0.1, 0.15) is 5.82 Å². The summed E-state index contributed by atoms with van der Waals surface area (Å²) in [6.45, 7) is 1.35. The van der Waals surface area contributed by atoms with Crippen molar-refractivity contribution in [2.75, 3.05) is 25.0 Å². The molecule has 0 bridgehead atoms. The SMILES string of the molecule is Cl.NCC(NC(=O)C1CCCN(C(=O)Nc2ccccc2F)C1)C1CCCCC1. The zero-order valence-electron chi connectivity index (χ0n) is 16.7. The van der Waals surface area contributed by atoms with Gasteiger partial charge in [0.25, 0.3) is 0 Å². The van der Waals surface area contributed by atoms with E-state index in [0.29, 0.717) is 25.6 Å². The van der Waals surface area contributed by atoms with Crippen LogP contribution in [-0.4, -0.2) is 42.5 Å². The highest BCUT2D eigenvalue weighted by Gasteiger charge is 2.31. The molecule has 3 rings (SSSR count). The van der Waals surface area contributed by atoms with Gasteiger partial charge in [-0.2, -0.15) is 0 Å². The molecule has 162 valence electrons. The number of halogens is 2. The third-order valence-corrected chi connectivity index (χ3v) is 6.00. The second kappa shape index (κ2) is 11.4. The summed E-state index contributed by atoms with van der Waals surface area (Å²) in [4.78, 5) is 26.9. The van der Waals surface area contributed by atoms with Gasteiger partial charge in [-0.3, -0.25) is 4.79 Å². The van der Waals surface area contributed by atoms with Crippen molar-refractivity contribution in [1.82, 2.24) is 10.2 Å². The predicted octanol–water partition coefficient (Wildman–Crippen LogP) is 3.52. The van der Waals surface area contributed by atoms with Crippen LogP contribution >= 0.6 is 12.4 Å². The van der Waals surface area contributed by atoms with Gasteiger partial charge in [-0.15, -0.1) is 12.4 Å². The molecule has 2 fully saturated rings. The van der Waals surface area contributed by atoms with Gasteiger partial charge in [0.05, 0.1) is 11.6 Å². The maximum atomic E-state index is 13.8. The second-order valence-corrected chi connectivity index (χ2v) is 7.94. The van der Waals surface area contributed by atoms with Crippen molar-refractivity contribution >= 4 is 30.0 Å². The highest BCUT2D eigenvalue weighted by molar-refractivity contribution is 5.90. The molecule has 1 aliphatic carbocycles. The molecule has 2 atom stereocenters. The Balaban J connectivity index is 0.00000300. The number of nitrogens with two attached hydrogens (primary N) is 1. The number of likely N-dealkylation sites (tertiary alicyclic amines) is 1. The molecule has 6 nitrogen and oxygen atoms in total. The lowest BCUT2D eigenvalue weighted by molar-refractivity contribution is -0.127. The molecular weight excluding hydrogens is 395 g/mol. The summed E-state index contributed by atoms with van der Waals surface area (Å²) in [5.74, 6) is -0.297. The number of amides is 3. The highest BCUT2D eigenvalue weighted by Crippen LogP contribution is 2.27. The molecule has 2 unspecified atom stereocenters. The van der Waals surface area contributed by atoms with Crippen LogP contribution in [0.15, 0.2) is 24.3 Å². The first-order chi connectivity index (χ1) is 13.6. The Kier molecular flexibility index (Phi) is 9.17. The van der Waals surface area contributed by atoms with E-state index >= 15 is 0 Å². The van der Waals surface area contributed by atoms with E-state index in [1.807, 2.05) is 0 Å². The predicted molar refractivity (Wildman–Crippen MR) is 115 cm³/mol. The van der Waals surface area contributed by atoms with Gasteiger partial charge in [0, 0.05) is 25.7 Å². The summed E-state index contributed by atoms with van der Waals surface area (Å²) < 4.78 is 13.8. The van der Waals surface area contributed by atoms with Crippen LogP contribution in [-0.2, 0) is 4.79 Å². The first-order valence-corrected chi connectivity index (χ1v) is 10.4. The number of carbonyl (C=O) groups excluding carboxylic acids is 2. The number of nitrogens with zero attached hydrogens (tertiary/aromatic N) is 1. The van der Waals surface area contributed by atoms with Gasteiger partial charge in [-0.25, -0.2) is 9.18 Å². The summed E-state index contributed by atoms with van der Waals surface area (Å²) in [5.41, 5.74) is 6.08. The van der Waals surface area contributed by atoms with E-state index in [1.54, 1.807) is 17.0 Å². The van der Waals surface area contributed by atoms with Crippen molar-refractivity contribution in [3.63, 3.8) is 0 Å². The topological polar surface area (TPSA) is 87.5 Å². The molecule has 1 heterocycles. The van der Waals surface area contributed by atoms with Crippen molar-refractivity contribution in [3.05, 3.63) is 30.1 Å². The number of urea groups is 1. The standard InChI is InChI=1S/C21H31FN4O2.ClH/c22-17-10-4-5-11-18(17)25-21(28)26-12-6-9-16(14-26)20(27)24-19(13-23)15-7-2-1-3-8-15;/h4-5,10-11,15-16,19H,1-3,6-9,12-14,23H2,(H,24,27)(H,25,28);1H. The summed E-state index contributed by atoms with van der Waals surface area (Å²) >= 11 is 0. The van der Waals surface area contributed by atoms with Crippen molar-refractivity contribution in [2.45, 2.75) is 51.0 Å². The molecule has 1 aromatic rings. The van der Waals surface area contributed by atoms with Crippen LogP contribution in [0.25, 0.3) is 0 Å². The summed E-state index contributed by atoms with van der Waals surface area (Å²) in [5, 5.41) is 5.75. The van der Waals surface area contributed by atoms with E-state index in [2.05, 4.69) is 10.6 Å². The molecule has 0 aromatic heterocycles. The maximum absolute atomic E-state index is 13.8. The minimum atomic E-state index is -0.472. The van der Waals surface area contributed by atoms with Gasteiger partial charge in [0.15, 0.2) is 0 Å². The molecule has 4 N–H and O–H groups in total. The number of para-hydroxylation sites is 1. The molecule has 1 saturated heterocycles. The summed E-state index contributed by atoms with van der Waals surface area (Å²) in [7, 11) is 0. The molecule has 8 heteroatoms. The minimum Gasteiger partial charge on any atom is -0.352 e. The molecule has 0 radical (unpaired) electrons. The lowest BCUT2D eigenvalue weighted by Gasteiger charge is -2.35. The average molecular weight is 427 g/mol. The maximum Gasteiger partial charge on any atom is 0.321 e. The van der Waals surface area contributed by atoms with E-state index in [-0.39, 0.29) is 42.0 Å². The molecule has 2 aliphatic rings. The van der Waals surface area contributed by atoms with Gasteiger partial charge in [-0.1, -0.05) is 31.4 Å². The van der Waals surface area contributed by atoms with E-state index in [9.17, 15) is 14.0 Å². The van der Waals surface area contributed by atoms with Crippen LogP contribution in [0.5, 0.6) is 0 Å². The second-order valence-electron chi connectivity index (χ2n) is 7.94. The molecule has 0 spiro atoms. The lowest BCUT2D eigenvalue weighted by atomic mass is 9.83. The first kappa shape index (κ1) is 23.4. The summed E-state index contributed by atoms with van der Waals surface area (Å²) in [6.07, 6.45) is 7.39. The van der Waals surface area contributed by atoms with Crippen LogP contribution in [0.1, 0.15) is 44.9 Å². The molecule has 1 saturated carbocycles. The normalized spacial score (nSPS) is 21.0. The van der Waals surface area contributed by atoms with Crippen LogP contribution in [0, 0.1) is 17.7 Å². The van der Waals surface area contributed by atoms with Gasteiger partial charge >= 0.3 is 6.03 Å². The number of benzene rings is 1. The average Bonchev–Trinajstić information content (AvgIpc) is 2.74. The highest BCUT2D eigenvalue weighted by atomic mass is 35.5. The summed E-state index contributed by atoms with van der Waals surface area (Å²) in [6, 6.07) is 5.72. The Morgan fingerprint density at radius 3 is 2.55 bits per heavy atom. The zero-order valence-corrected chi connectivity index (χ0v) is 17.6. The fourth-order valence-corrected chi connectivity index (χ4v) is 4.34. The zero-order chi connectivity index (χ0) is 19.9. The molecule has 1 aliphatic heterocycles. The Bertz CT molecular complexity index is 684. The first-order valence-electron chi connectivity index (χ1n) is 10.4.